The van der Waals surface area contributed by atoms with Gasteiger partial charge in [0.25, 0.3) is 0 Å². The van der Waals surface area contributed by atoms with Crippen LogP contribution in [-0.4, -0.2) is 26.9 Å². The normalized spacial score (nSPS) is 19.5. The van der Waals surface area contributed by atoms with Gasteiger partial charge < -0.3 is 15.2 Å². The first-order chi connectivity index (χ1) is 8.14. The summed E-state index contributed by atoms with van der Waals surface area (Å²) in [5.41, 5.74) is 6.53. The van der Waals surface area contributed by atoms with Gasteiger partial charge in [-0.15, -0.1) is 0 Å². The topological polar surface area (TPSA) is 44.5 Å². The minimum atomic E-state index is -0.333. The second kappa shape index (κ2) is 4.63. The van der Waals surface area contributed by atoms with Crippen molar-refractivity contribution >= 4 is 0 Å². The van der Waals surface area contributed by atoms with E-state index in [4.69, 9.17) is 15.2 Å². The van der Waals surface area contributed by atoms with Crippen molar-refractivity contribution in [2.45, 2.75) is 12.3 Å². The monoisotopic (exact) mass is 239 g/mol. The first-order valence-electron chi connectivity index (χ1n) is 5.76. The molecule has 1 fully saturated rings. The van der Waals surface area contributed by atoms with Crippen molar-refractivity contribution in [2.75, 3.05) is 26.9 Å². The Balaban J connectivity index is 2.35. The number of ether oxygens (including phenoxy) is 2. The minimum absolute atomic E-state index is 0.137. The van der Waals surface area contributed by atoms with Crippen LogP contribution in [0.1, 0.15) is 12.5 Å². The van der Waals surface area contributed by atoms with Crippen LogP contribution in [0.2, 0.25) is 0 Å². The van der Waals surface area contributed by atoms with Crippen molar-refractivity contribution < 1.29 is 13.9 Å². The second-order valence-corrected chi connectivity index (χ2v) is 4.64. The number of methoxy groups -OCH3 is 1. The summed E-state index contributed by atoms with van der Waals surface area (Å²) in [5, 5.41) is 0. The molecule has 2 N–H and O–H groups in total. The van der Waals surface area contributed by atoms with Gasteiger partial charge in [0.1, 0.15) is 0 Å². The third kappa shape index (κ3) is 1.91. The smallest absolute Gasteiger partial charge is 0.165 e. The van der Waals surface area contributed by atoms with Gasteiger partial charge in [0.2, 0.25) is 0 Å². The number of halogens is 1. The summed E-state index contributed by atoms with van der Waals surface area (Å²) in [6, 6.07) is 5.10. The molecule has 4 heteroatoms. The standard InChI is InChI=1S/C13H18FNO2/c1-9(6-15)13(7-17-8-13)10-3-4-12(16-2)11(14)5-10/h3-5,9H,6-8,15H2,1-2H3. The number of hydrogen-bond donors (Lipinski definition) is 1. The fraction of sp³-hybridized carbons (Fsp3) is 0.538. The Morgan fingerprint density at radius 3 is 2.65 bits per heavy atom. The van der Waals surface area contributed by atoms with Gasteiger partial charge in [-0.2, -0.15) is 0 Å². The average molecular weight is 239 g/mol. The second-order valence-electron chi connectivity index (χ2n) is 4.64. The van der Waals surface area contributed by atoms with E-state index in [9.17, 15) is 4.39 Å². The molecule has 0 spiro atoms. The molecule has 94 valence electrons. The van der Waals surface area contributed by atoms with Crippen molar-refractivity contribution in [2.24, 2.45) is 11.7 Å². The Kier molecular flexibility index (Phi) is 3.35. The zero-order valence-corrected chi connectivity index (χ0v) is 10.2. The molecule has 0 bridgehead atoms. The van der Waals surface area contributed by atoms with Crippen molar-refractivity contribution in [1.82, 2.24) is 0 Å². The van der Waals surface area contributed by atoms with Crippen LogP contribution in [0, 0.1) is 11.7 Å². The fourth-order valence-electron chi connectivity index (χ4n) is 2.26. The molecule has 1 heterocycles. The van der Waals surface area contributed by atoms with Crippen LogP contribution < -0.4 is 10.5 Å². The number of nitrogens with two attached hydrogens (primary N) is 1. The summed E-state index contributed by atoms with van der Waals surface area (Å²) in [6.45, 7) is 3.86. The van der Waals surface area contributed by atoms with Gasteiger partial charge in [-0.1, -0.05) is 13.0 Å². The molecule has 0 amide bonds. The molecule has 1 aromatic carbocycles. The molecule has 0 aromatic heterocycles. The molecule has 1 unspecified atom stereocenters. The van der Waals surface area contributed by atoms with E-state index < -0.39 is 0 Å². The Hall–Kier alpha value is -1.13. The van der Waals surface area contributed by atoms with E-state index in [-0.39, 0.29) is 22.9 Å². The maximum absolute atomic E-state index is 13.7. The van der Waals surface area contributed by atoms with E-state index in [0.717, 1.165) is 5.56 Å². The summed E-state index contributed by atoms with van der Waals surface area (Å²) in [6.07, 6.45) is 0. The zero-order valence-electron chi connectivity index (χ0n) is 10.2. The van der Waals surface area contributed by atoms with Crippen LogP contribution in [0.4, 0.5) is 4.39 Å². The van der Waals surface area contributed by atoms with Crippen LogP contribution in [0.25, 0.3) is 0 Å². The molecule has 1 aliphatic heterocycles. The van der Waals surface area contributed by atoms with Gasteiger partial charge in [-0.25, -0.2) is 4.39 Å². The molecule has 1 saturated heterocycles. The van der Waals surface area contributed by atoms with Gasteiger partial charge in [0.15, 0.2) is 11.6 Å². The number of benzene rings is 1. The zero-order chi connectivity index (χ0) is 12.5. The highest BCUT2D eigenvalue weighted by Crippen LogP contribution is 2.40. The fourth-order valence-corrected chi connectivity index (χ4v) is 2.26. The molecule has 0 radical (unpaired) electrons. The lowest BCUT2D eigenvalue weighted by molar-refractivity contribution is -0.0855. The Bertz CT molecular complexity index is 404. The van der Waals surface area contributed by atoms with Crippen molar-refractivity contribution in [3.63, 3.8) is 0 Å². The van der Waals surface area contributed by atoms with Gasteiger partial charge in [0, 0.05) is 5.41 Å². The van der Waals surface area contributed by atoms with E-state index in [0.29, 0.717) is 19.8 Å². The Morgan fingerprint density at radius 2 is 2.24 bits per heavy atom. The molecule has 3 nitrogen and oxygen atoms in total. The minimum Gasteiger partial charge on any atom is -0.494 e. The van der Waals surface area contributed by atoms with Crippen molar-refractivity contribution in [3.05, 3.63) is 29.6 Å². The highest BCUT2D eigenvalue weighted by atomic mass is 19.1. The molecular weight excluding hydrogens is 221 g/mol. The predicted molar refractivity (Wildman–Crippen MR) is 63.7 cm³/mol. The molecule has 2 rings (SSSR count). The molecule has 1 aromatic rings. The maximum Gasteiger partial charge on any atom is 0.165 e. The van der Waals surface area contributed by atoms with Gasteiger partial charge in [0.05, 0.1) is 20.3 Å². The van der Waals surface area contributed by atoms with Gasteiger partial charge in [-0.3, -0.25) is 0 Å². The third-order valence-electron chi connectivity index (χ3n) is 3.74. The van der Waals surface area contributed by atoms with Crippen LogP contribution in [-0.2, 0) is 10.2 Å². The molecule has 1 atom stereocenters. The summed E-state index contributed by atoms with van der Waals surface area (Å²) >= 11 is 0. The van der Waals surface area contributed by atoms with E-state index in [1.54, 1.807) is 6.07 Å². The Labute approximate surface area is 101 Å². The van der Waals surface area contributed by atoms with Crippen LogP contribution >= 0.6 is 0 Å². The van der Waals surface area contributed by atoms with Crippen molar-refractivity contribution in [3.8, 4) is 5.75 Å². The highest BCUT2D eigenvalue weighted by molar-refractivity contribution is 5.36. The van der Waals surface area contributed by atoms with E-state index in [1.165, 1.54) is 13.2 Å². The number of hydrogen-bond acceptors (Lipinski definition) is 3. The summed E-state index contributed by atoms with van der Waals surface area (Å²) in [4.78, 5) is 0. The van der Waals surface area contributed by atoms with Gasteiger partial charge >= 0.3 is 0 Å². The molecule has 0 saturated carbocycles. The lowest BCUT2D eigenvalue weighted by Gasteiger charge is -2.46. The highest BCUT2D eigenvalue weighted by Gasteiger charge is 2.44. The lowest BCUT2D eigenvalue weighted by Crippen LogP contribution is -2.53. The van der Waals surface area contributed by atoms with Crippen LogP contribution in [0.5, 0.6) is 5.75 Å². The largest absolute Gasteiger partial charge is 0.494 e. The molecule has 0 aliphatic carbocycles. The average Bonchev–Trinajstić information content (AvgIpc) is 2.27. The van der Waals surface area contributed by atoms with Gasteiger partial charge in [-0.05, 0) is 30.2 Å². The Morgan fingerprint density at radius 1 is 1.53 bits per heavy atom. The molecular formula is C13H18FNO2. The SMILES string of the molecule is COc1ccc(C2(C(C)CN)COC2)cc1F. The van der Waals surface area contributed by atoms with E-state index in [1.807, 2.05) is 6.07 Å². The predicted octanol–water partition coefficient (Wildman–Crippen LogP) is 1.70. The lowest BCUT2D eigenvalue weighted by atomic mass is 9.69. The van der Waals surface area contributed by atoms with E-state index in [2.05, 4.69) is 6.92 Å². The maximum atomic E-state index is 13.7. The number of rotatable bonds is 4. The quantitative estimate of drug-likeness (QED) is 0.869. The van der Waals surface area contributed by atoms with Crippen LogP contribution in [0.15, 0.2) is 18.2 Å². The first-order valence-corrected chi connectivity index (χ1v) is 5.76. The third-order valence-corrected chi connectivity index (χ3v) is 3.74. The first kappa shape index (κ1) is 12.3. The summed E-state index contributed by atoms with van der Waals surface area (Å²) in [5.74, 6) is 0.203. The van der Waals surface area contributed by atoms with Crippen molar-refractivity contribution in [1.29, 1.82) is 0 Å². The van der Waals surface area contributed by atoms with Crippen LogP contribution in [0.3, 0.4) is 0 Å². The summed E-state index contributed by atoms with van der Waals surface area (Å²) < 4.78 is 23.9. The van der Waals surface area contributed by atoms with E-state index >= 15 is 0 Å². The molecule has 17 heavy (non-hydrogen) atoms. The summed E-state index contributed by atoms with van der Waals surface area (Å²) in [7, 11) is 1.46. The molecule has 1 aliphatic rings.